The van der Waals surface area contributed by atoms with Crippen molar-refractivity contribution in [2.75, 3.05) is 4.90 Å². The maximum absolute atomic E-state index is 7.61. The van der Waals surface area contributed by atoms with Gasteiger partial charge in [-0.2, -0.15) is 0 Å². The van der Waals surface area contributed by atoms with Crippen molar-refractivity contribution < 1.29 is 4.74 Å². The lowest BCUT2D eigenvalue weighted by Crippen LogP contribution is -2.57. The summed E-state index contributed by atoms with van der Waals surface area (Å²) in [6.07, 6.45) is 11.6. The quantitative estimate of drug-likeness (QED) is 0.181. The highest BCUT2D eigenvalue weighted by Crippen LogP contribution is 2.70. The predicted octanol–water partition coefficient (Wildman–Crippen LogP) is 15.4. The predicted molar refractivity (Wildman–Crippen MR) is 241 cm³/mol. The van der Waals surface area contributed by atoms with E-state index in [1.165, 1.54) is 113 Å². The van der Waals surface area contributed by atoms with Gasteiger partial charge < -0.3 is 9.64 Å². The van der Waals surface area contributed by atoms with E-state index in [0.29, 0.717) is 11.8 Å². The van der Waals surface area contributed by atoms with Crippen LogP contribution in [0.5, 0.6) is 11.5 Å². The zero-order chi connectivity index (χ0) is 40.0. The van der Waals surface area contributed by atoms with E-state index in [2.05, 4.69) is 163 Å². The minimum atomic E-state index is -0.0491. The number of nitrogens with zero attached hydrogens (tertiary/aromatic N) is 1. The van der Waals surface area contributed by atoms with Gasteiger partial charge in [-0.25, -0.2) is 0 Å². The average Bonchev–Trinajstić information content (AvgIpc) is 3.20. The number of ether oxygens (including phenoxy) is 1. The third-order valence-electron chi connectivity index (χ3n) is 17.0. The van der Waals surface area contributed by atoms with Crippen LogP contribution in [0.4, 0.5) is 17.1 Å². The molecular weight excluding hydrogens is 703 g/mol. The Labute approximate surface area is 348 Å². The standard InChI is InChI=1S/C56H63NO/c1-52(2)24-25-54(5,6)46-34-41(21-23-42(46)52)57(47-18-12-16-44-50(47)55(7,8)27-26-53(44,3)4)48-19-13-17-45-51(48)58-49-33-38(37-14-10-9-11-15-37)20-22-43(49)56(45)39-29-35-28-36(31-39)32-40(56)30-35/h9-23,33-36,39-40H,24-32H2,1-8H3. The van der Waals surface area contributed by atoms with Crippen LogP contribution in [-0.4, -0.2) is 0 Å². The fourth-order valence-corrected chi connectivity index (χ4v) is 14.0. The molecule has 5 aromatic rings. The molecule has 58 heavy (non-hydrogen) atoms. The Hall–Kier alpha value is -4.30. The van der Waals surface area contributed by atoms with Crippen LogP contribution >= 0.6 is 0 Å². The number of rotatable bonds is 4. The molecule has 0 saturated heterocycles. The zero-order valence-corrected chi connectivity index (χ0v) is 36.3. The van der Waals surface area contributed by atoms with Gasteiger partial charge in [0.1, 0.15) is 5.75 Å². The molecule has 6 aliphatic carbocycles. The minimum absolute atomic E-state index is 0.0185. The first-order chi connectivity index (χ1) is 27.7. The summed E-state index contributed by atoms with van der Waals surface area (Å²) in [5.41, 5.74) is 15.4. The molecule has 5 aromatic carbocycles. The van der Waals surface area contributed by atoms with Crippen molar-refractivity contribution >= 4 is 17.1 Å². The molecule has 1 heterocycles. The molecule has 4 saturated carbocycles. The van der Waals surface area contributed by atoms with Crippen molar-refractivity contribution in [3.8, 4) is 22.6 Å². The van der Waals surface area contributed by atoms with Gasteiger partial charge in [0.25, 0.3) is 0 Å². The van der Waals surface area contributed by atoms with Gasteiger partial charge >= 0.3 is 0 Å². The van der Waals surface area contributed by atoms with Gasteiger partial charge in [-0.15, -0.1) is 0 Å². The molecule has 2 nitrogen and oxygen atoms in total. The Kier molecular flexibility index (Phi) is 7.84. The van der Waals surface area contributed by atoms with E-state index in [-0.39, 0.29) is 27.1 Å². The van der Waals surface area contributed by atoms with Crippen molar-refractivity contribution in [1.29, 1.82) is 0 Å². The average molecular weight is 766 g/mol. The first kappa shape index (κ1) is 36.8. The number of benzene rings is 5. The largest absolute Gasteiger partial charge is 0.454 e. The van der Waals surface area contributed by atoms with Crippen molar-refractivity contribution in [2.45, 2.75) is 140 Å². The molecule has 7 aliphatic rings. The molecule has 0 N–H and O–H groups in total. The molecule has 0 unspecified atom stereocenters. The monoisotopic (exact) mass is 765 g/mol. The van der Waals surface area contributed by atoms with Crippen LogP contribution in [0.25, 0.3) is 11.1 Å². The normalized spacial score (nSPS) is 28.5. The maximum Gasteiger partial charge on any atom is 0.155 e. The molecule has 2 heteroatoms. The summed E-state index contributed by atoms with van der Waals surface area (Å²) in [4.78, 5) is 2.66. The van der Waals surface area contributed by atoms with Gasteiger partial charge in [0.2, 0.25) is 0 Å². The van der Waals surface area contributed by atoms with Crippen LogP contribution in [0, 0.1) is 23.7 Å². The fourth-order valence-electron chi connectivity index (χ4n) is 14.0. The molecule has 4 fully saturated rings. The smallest absolute Gasteiger partial charge is 0.155 e. The van der Waals surface area contributed by atoms with Crippen LogP contribution in [0.1, 0.15) is 147 Å². The van der Waals surface area contributed by atoms with Crippen LogP contribution in [0.15, 0.2) is 103 Å². The lowest BCUT2D eigenvalue weighted by atomic mass is 9.41. The highest BCUT2D eigenvalue weighted by atomic mass is 16.5. The van der Waals surface area contributed by atoms with Crippen molar-refractivity contribution in [3.63, 3.8) is 0 Å². The fraction of sp³-hybridized carbons (Fsp3) is 0.464. The summed E-state index contributed by atoms with van der Waals surface area (Å²) in [6.45, 7) is 19.7. The van der Waals surface area contributed by atoms with Gasteiger partial charge in [-0.3, -0.25) is 0 Å². The van der Waals surface area contributed by atoms with E-state index in [0.717, 1.165) is 29.8 Å². The summed E-state index contributed by atoms with van der Waals surface area (Å²) in [6, 6.07) is 40.2. The Morgan fingerprint density at radius 2 is 1.05 bits per heavy atom. The third kappa shape index (κ3) is 5.21. The number of anilines is 3. The molecule has 1 aliphatic heterocycles. The Balaban J connectivity index is 1.20. The molecule has 0 amide bonds. The van der Waals surface area contributed by atoms with Crippen LogP contribution in [0.3, 0.4) is 0 Å². The zero-order valence-electron chi connectivity index (χ0n) is 36.3. The highest BCUT2D eigenvalue weighted by Gasteiger charge is 2.61. The van der Waals surface area contributed by atoms with Gasteiger partial charge in [-0.05, 0) is 167 Å². The summed E-state index contributed by atoms with van der Waals surface area (Å²) in [7, 11) is 0. The topological polar surface area (TPSA) is 12.5 Å². The maximum atomic E-state index is 7.61. The Morgan fingerprint density at radius 3 is 1.74 bits per heavy atom. The van der Waals surface area contributed by atoms with Gasteiger partial charge in [0.05, 0.1) is 11.4 Å². The number of hydrogen-bond donors (Lipinski definition) is 0. The molecule has 298 valence electrons. The number of fused-ring (bicyclic) bond motifs is 4. The Morgan fingerprint density at radius 1 is 0.466 bits per heavy atom. The lowest BCUT2D eigenvalue weighted by molar-refractivity contribution is -0.0451. The SMILES string of the molecule is CC1(C)CCC(C)(C)c2cc(N(c3cccc4c3Oc3cc(-c5ccccc5)ccc3C43C4CC5CC(C4)CC3C5)c3cccc4c3C(C)(C)CCC4(C)C)ccc21. The Bertz CT molecular complexity index is 2430. The van der Waals surface area contributed by atoms with Crippen molar-refractivity contribution in [2.24, 2.45) is 23.7 Å². The molecule has 4 bridgehead atoms. The lowest BCUT2D eigenvalue weighted by Gasteiger charge is -2.63. The molecule has 0 aromatic heterocycles. The number of hydrogen-bond acceptors (Lipinski definition) is 2. The molecule has 0 atom stereocenters. The second-order valence-corrected chi connectivity index (χ2v) is 22.3. The first-order valence-corrected chi connectivity index (χ1v) is 22.8. The van der Waals surface area contributed by atoms with E-state index in [9.17, 15) is 0 Å². The van der Waals surface area contributed by atoms with E-state index in [1.807, 2.05) is 0 Å². The van der Waals surface area contributed by atoms with Crippen LogP contribution < -0.4 is 9.64 Å². The highest BCUT2D eigenvalue weighted by molar-refractivity contribution is 5.86. The second-order valence-electron chi connectivity index (χ2n) is 22.3. The van der Waals surface area contributed by atoms with E-state index >= 15 is 0 Å². The van der Waals surface area contributed by atoms with Gasteiger partial charge in [0, 0.05) is 22.2 Å². The van der Waals surface area contributed by atoms with E-state index in [4.69, 9.17) is 4.74 Å². The van der Waals surface area contributed by atoms with E-state index in [1.54, 1.807) is 0 Å². The summed E-state index contributed by atoms with van der Waals surface area (Å²) in [5.74, 6) is 5.15. The van der Waals surface area contributed by atoms with Crippen LogP contribution in [0.2, 0.25) is 0 Å². The van der Waals surface area contributed by atoms with Crippen molar-refractivity contribution in [3.05, 3.63) is 137 Å². The summed E-state index contributed by atoms with van der Waals surface area (Å²) in [5, 5.41) is 0. The first-order valence-electron chi connectivity index (χ1n) is 22.8. The van der Waals surface area contributed by atoms with Gasteiger partial charge in [0.15, 0.2) is 5.75 Å². The van der Waals surface area contributed by atoms with Crippen molar-refractivity contribution in [1.82, 2.24) is 0 Å². The minimum Gasteiger partial charge on any atom is -0.454 e. The molecule has 12 rings (SSSR count). The third-order valence-corrected chi connectivity index (χ3v) is 17.0. The second kappa shape index (κ2) is 12.4. The van der Waals surface area contributed by atoms with Gasteiger partial charge in [-0.1, -0.05) is 128 Å². The summed E-state index contributed by atoms with van der Waals surface area (Å²) >= 11 is 0. The molecule has 0 radical (unpaired) electrons. The van der Waals surface area contributed by atoms with Crippen LogP contribution in [-0.2, 0) is 27.1 Å². The molecule has 1 spiro atoms. The number of para-hydroxylation sites is 1. The molecular formula is C56H63NO. The van der Waals surface area contributed by atoms with E-state index < -0.39 is 0 Å². The summed E-state index contributed by atoms with van der Waals surface area (Å²) < 4.78 is 7.61.